The first-order valence-corrected chi connectivity index (χ1v) is 5.69. The average molecular weight is 193 g/mol. The van der Waals surface area contributed by atoms with Gasteiger partial charge in [0.05, 0.1) is 0 Å². The smallest absolute Gasteiger partial charge is 0.0287 e. The van der Waals surface area contributed by atoms with E-state index in [1.54, 1.807) is 5.57 Å². The first kappa shape index (κ1) is 11.5. The number of nitrogens with one attached hydrogen (secondary N) is 1. The Kier molecular flexibility index (Phi) is 4.40. The fraction of sp³-hybridized carbons (Fsp3) is 0.692. The van der Waals surface area contributed by atoms with Crippen LogP contribution in [-0.4, -0.2) is 12.6 Å². The highest BCUT2D eigenvalue weighted by Crippen LogP contribution is 2.27. The fourth-order valence-corrected chi connectivity index (χ4v) is 2.18. The molecule has 2 unspecified atom stereocenters. The van der Waals surface area contributed by atoms with Gasteiger partial charge < -0.3 is 5.32 Å². The predicted octanol–water partition coefficient (Wildman–Crippen LogP) is 3.14. The molecule has 0 heterocycles. The van der Waals surface area contributed by atoms with Crippen molar-refractivity contribution in [2.75, 3.05) is 6.54 Å². The Hall–Kier alpha value is -0.560. The predicted molar refractivity (Wildman–Crippen MR) is 63.3 cm³/mol. The molecule has 2 atom stereocenters. The van der Waals surface area contributed by atoms with E-state index in [4.69, 9.17) is 0 Å². The second-order valence-corrected chi connectivity index (χ2v) is 4.68. The Labute approximate surface area is 88.3 Å². The molecule has 1 aliphatic carbocycles. The van der Waals surface area contributed by atoms with E-state index in [2.05, 4.69) is 38.7 Å². The molecule has 0 bridgehead atoms. The van der Waals surface area contributed by atoms with E-state index in [1.165, 1.54) is 12.8 Å². The molecule has 0 aromatic carbocycles. The van der Waals surface area contributed by atoms with Crippen LogP contribution in [0.15, 0.2) is 24.3 Å². The standard InChI is InChI=1S/C13H23N/c1-5-8-14-13-9-11(4)6-7-12(13)10(2)3/h5,7,10-11,13-14H,1,6,8-9H2,2-4H3. The minimum absolute atomic E-state index is 0.580. The van der Waals surface area contributed by atoms with E-state index < -0.39 is 0 Å². The molecule has 0 spiro atoms. The molecule has 14 heavy (non-hydrogen) atoms. The third kappa shape index (κ3) is 2.98. The molecule has 0 radical (unpaired) electrons. The Morgan fingerprint density at radius 1 is 1.64 bits per heavy atom. The normalized spacial score (nSPS) is 27.6. The van der Waals surface area contributed by atoms with Crippen molar-refractivity contribution < 1.29 is 0 Å². The first-order chi connectivity index (χ1) is 6.65. The highest BCUT2D eigenvalue weighted by Gasteiger charge is 2.22. The van der Waals surface area contributed by atoms with Crippen molar-refractivity contribution in [2.24, 2.45) is 11.8 Å². The van der Waals surface area contributed by atoms with E-state index in [-0.39, 0.29) is 0 Å². The Balaban J connectivity index is 2.62. The van der Waals surface area contributed by atoms with Crippen molar-refractivity contribution in [3.63, 3.8) is 0 Å². The van der Waals surface area contributed by atoms with E-state index in [0.717, 1.165) is 12.5 Å². The summed E-state index contributed by atoms with van der Waals surface area (Å²) in [7, 11) is 0. The summed E-state index contributed by atoms with van der Waals surface area (Å²) in [5.74, 6) is 1.49. The van der Waals surface area contributed by atoms with Gasteiger partial charge >= 0.3 is 0 Å². The van der Waals surface area contributed by atoms with Crippen LogP contribution >= 0.6 is 0 Å². The highest BCUT2D eigenvalue weighted by molar-refractivity contribution is 5.17. The third-order valence-electron chi connectivity index (χ3n) is 2.97. The molecule has 1 N–H and O–H groups in total. The minimum Gasteiger partial charge on any atom is -0.307 e. The van der Waals surface area contributed by atoms with Crippen molar-refractivity contribution in [3.8, 4) is 0 Å². The van der Waals surface area contributed by atoms with Crippen LogP contribution in [0.2, 0.25) is 0 Å². The summed E-state index contributed by atoms with van der Waals surface area (Å²) in [5, 5.41) is 3.55. The van der Waals surface area contributed by atoms with Crippen LogP contribution in [0.3, 0.4) is 0 Å². The van der Waals surface area contributed by atoms with Crippen LogP contribution in [-0.2, 0) is 0 Å². The molecule has 80 valence electrons. The van der Waals surface area contributed by atoms with E-state index in [1.807, 2.05) is 6.08 Å². The number of hydrogen-bond acceptors (Lipinski definition) is 1. The topological polar surface area (TPSA) is 12.0 Å². The van der Waals surface area contributed by atoms with Crippen LogP contribution in [0.25, 0.3) is 0 Å². The molecule has 0 aromatic rings. The maximum atomic E-state index is 3.75. The molecule has 0 aromatic heterocycles. The average Bonchev–Trinajstić information content (AvgIpc) is 2.14. The van der Waals surface area contributed by atoms with Gasteiger partial charge in [0, 0.05) is 12.6 Å². The minimum atomic E-state index is 0.580. The molecule has 0 fully saturated rings. The number of rotatable bonds is 4. The summed E-state index contributed by atoms with van der Waals surface area (Å²) in [6, 6.07) is 0.580. The van der Waals surface area contributed by atoms with Crippen molar-refractivity contribution >= 4 is 0 Å². The summed E-state index contributed by atoms with van der Waals surface area (Å²) in [5.41, 5.74) is 1.59. The number of hydrogen-bond donors (Lipinski definition) is 1. The van der Waals surface area contributed by atoms with Gasteiger partial charge in [-0.3, -0.25) is 0 Å². The lowest BCUT2D eigenvalue weighted by atomic mass is 9.82. The molecular formula is C13H23N. The SMILES string of the molecule is C=CCNC1CC(C)CC=C1C(C)C. The first-order valence-electron chi connectivity index (χ1n) is 5.69. The molecule has 1 heteroatoms. The summed E-state index contributed by atoms with van der Waals surface area (Å²) >= 11 is 0. The quantitative estimate of drug-likeness (QED) is 0.676. The molecule has 0 amide bonds. The van der Waals surface area contributed by atoms with Gasteiger partial charge in [-0.1, -0.05) is 38.5 Å². The van der Waals surface area contributed by atoms with Crippen LogP contribution < -0.4 is 5.32 Å². The largest absolute Gasteiger partial charge is 0.307 e. The van der Waals surface area contributed by atoms with Crippen LogP contribution in [0.4, 0.5) is 0 Å². The summed E-state index contributed by atoms with van der Waals surface area (Å²) in [6.45, 7) is 11.6. The highest BCUT2D eigenvalue weighted by atomic mass is 14.9. The van der Waals surface area contributed by atoms with Crippen LogP contribution in [0, 0.1) is 11.8 Å². The zero-order valence-electron chi connectivity index (χ0n) is 9.72. The lowest BCUT2D eigenvalue weighted by molar-refractivity contribution is 0.402. The Morgan fingerprint density at radius 3 is 2.93 bits per heavy atom. The van der Waals surface area contributed by atoms with Gasteiger partial charge in [-0.25, -0.2) is 0 Å². The Bertz CT molecular complexity index is 215. The monoisotopic (exact) mass is 193 g/mol. The van der Waals surface area contributed by atoms with Gasteiger partial charge in [-0.05, 0) is 24.7 Å². The lowest BCUT2D eigenvalue weighted by Crippen LogP contribution is -2.36. The summed E-state index contributed by atoms with van der Waals surface area (Å²) in [6.07, 6.45) is 6.90. The van der Waals surface area contributed by atoms with Crippen molar-refractivity contribution in [1.29, 1.82) is 0 Å². The van der Waals surface area contributed by atoms with Gasteiger partial charge in [-0.2, -0.15) is 0 Å². The maximum absolute atomic E-state index is 3.75. The summed E-state index contributed by atoms with van der Waals surface area (Å²) in [4.78, 5) is 0. The summed E-state index contributed by atoms with van der Waals surface area (Å²) < 4.78 is 0. The molecular weight excluding hydrogens is 170 g/mol. The van der Waals surface area contributed by atoms with E-state index in [9.17, 15) is 0 Å². The second kappa shape index (κ2) is 5.35. The van der Waals surface area contributed by atoms with E-state index in [0.29, 0.717) is 12.0 Å². The number of allylic oxidation sites excluding steroid dienone is 1. The maximum Gasteiger partial charge on any atom is 0.0287 e. The molecule has 1 nitrogen and oxygen atoms in total. The van der Waals surface area contributed by atoms with Crippen LogP contribution in [0.5, 0.6) is 0 Å². The molecule has 1 rings (SSSR count). The van der Waals surface area contributed by atoms with Crippen molar-refractivity contribution in [2.45, 2.75) is 39.7 Å². The van der Waals surface area contributed by atoms with Crippen molar-refractivity contribution in [3.05, 3.63) is 24.3 Å². The van der Waals surface area contributed by atoms with Gasteiger partial charge in [0.1, 0.15) is 0 Å². The fourth-order valence-electron chi connectivity index (χ4n) is 2.18. The van der Waals surface area contributed by atoms with Gasteiger partial charge in [-0.15, -0.1) is 6.58 Å². The van der Waals surface area contributed by atoms with Crippen molar-refractivity contribution in [1.82, 2.24) is 5.32 Å². The third-order valence-corrected chi connectivity index (χ3v) is 2.97. The zero-order chi connectivity index (χ0) is 10.6. The zero-order valence-corrected chi connectivity index (χ0v) is 9.72. The molecule has 0 saturated carbocycles. The molecule has 1 aliphatic rings. The second-order valence-electron chi connectivity index (χ2n) is 4.68. The van der Waals surface area contributed by atoms with Gasteiger partial charge in [0.25, 0.3) is 0 Å². The molecule has 0 aliphatic heterocycles. The van der Waals surface area contributed by atoms with Gasteiger partial charge in [0.15, 0.2) is 0 Å². The van der Waals surface area contributed by atoms with Gasteiger partial charge in [0.2, 0.25) is 0 Å². The molecule has 0 saturated heterocycles. The van der Waals surface area contributed by atoms with Crippen LogP contribution in [0.1, 0.15) is 33.6 Å². The Morgan fingerprint density at radius 2 is 2.36 bits per heavy atom. The lowest BCUT2D eigenvalue weighted by Gasteiger charge is -2.31. The van der Waals surface area contributed by atoms with E-state index >= 15 is 0 Å².